The zero-order chi connectivity index (χ0) is 13.6. The number of hydrogen-bond donors (Lipinski definition) is 0. The normalized spacial score (nSPS) is 11.1. The molecule has 1 aromatic carbocycles. The van der Waals surface area contributed by atoms with Crippen molar-refractivity contribution in [2.75, 3.05) is 19.0 Å². The number of carbonyl (C=O) groups is 1. The zero-order valence-corrected chi connectivity index (χ0v) is 10.0. The van der Waals surface area contributed by atoms with Gasteiger partial charge in [0.2, 0.25) is 0 Å². The molecule has 7 heteroatoms. The molecule has 1 amide bonds. The van der Waals surface area contributed by atoms with Crippen LogP contribution in [0.4, 0.5) is 18.0 Å². The van der Waals surface area contributed by atoms with E-state index >= 15 is 0 Å². The van der Waals surface area contributed by atoms with Crippen molar-refractivity contribution in [1.29, 1.82) is 0 Å². The highest BCUT2D eigenvalue weighted by molar-refractivity contribution is 6.18. The van der Waals surface area contributed by atoms with Crippen molar-refractivity contribution in [1.82, 2.24) is 4.90 Å². The summed E-state index contributed by atoms with van der Waals surface area (Å²) in [7, 11) is 0. The van der Waals surface area contributed by atoms with Crippen LogP contribution in [0, 0.1) is 0 Å². The van der Waals surface area contributed by atoms with E-state index in [0.717, 1.165) is 0 Å². The quantitative estimate of drug-likeness (QED) is 0.793. The minimum Gasteiger partial charge on any atom is -0.410 e. The van der Waals surface area contributed by atoms with Gasteiger partial charge in [-0.2, -0.15) is 13.2 Å². The Morgan fingerprint density at radius 3 is 2.39 bits per heavy atom. The summed E-state index contributed by atoms with van der Waals surface area (Å²) in [5.41, 5.74) is 0. The van der Waals surface area contributed by atoms with Gasteiger partial charge in [0.05, 0.1) is 0 Å². The lowest BCUT2D eigenvalue weighted by molar-refractivity contribution is -0.141. The van der Waals surface area contributed by atoms with Gasteiger partial charge < -0.3 is 4.74 Å². The molecular weight excluding hydrogens is 271 g/mol. The first-order valence-corrected chi connectivity index (χ1v) is 5.60. The second-order valence-corrected chi connectivity index (χ2v) is 3.78. The Morgan fingerprint density at radius 2 is 1.89 bits per heavy atom. The van der Waals surface area contributed by atoms with Gasteiger partial charge in [0.25, 0.3) is 0 Å². The lowest BCUT2D eigenvalue weighted by atomic mass is 10.3. The fraction of sp³-hybridized carbons (Fsp3) is 0.364. The van der Waals surface area contributed by atoms with Crippen LogP contribution in [0.15, 0.2) is 30.3 Å². The van der Waals surface area contributed by atoms with Crippen LogP contribution in [0.5, 0.6) is 5.75 Å². The maximum atomic E-state index is 12.2. The van der Waals surface area contributed by atoms with Gasteiger partial charge in [-0.1, -0.05) is 18.2 Å². The van der Waals surface area contributed by atoms with Crippen molar-refractivity contribution in [2.45, 2.75) is 6.18 Å². The molecule has 0 spiro atoms. The Kier molecular flexibility index (Phi) is 5.27. The van der Waals surface area contributed by atoms with E-state index in [2.05, 4.69) is 0 Å². The first kappa shape index (κ1) is 14.6. The van der Waals surface area contributed by atoms with Crippen molar-refractivity contribution in [3.05, 3.63) is 30.3 Å². The highest BCUT2D eigenvalue weighted by Gasteiger charge is 2.33. The summed E-state index contributed by atoms with van der Waals surface area (Å²) in [6.45, 7) is -1.61. The minimum absolute atomic E-state index is 0.0973. The summed E-state index contributed by atoms with van der Waals surface area (Å²) in [6, 6.07) is 7.87. The number of nitrogens with zero attached hydrogens (tertiary/aromatic N) is 1. The Balaban J connectivity index is 2.65. The molecule has 0 atom stereocenters. The van der Waals surface area contributed by atoms with E-state index in [4.69, 9.17) is 16.3 Å². The molecule has 0 radical (unpaired) electrons. The molecule has 0 bridgehead atoms. The molecule has 18 heavy (non-hydrogen) atoms. The third-order valence-electron chi connectivity index (χ3n) is 1.93. The molecular formula is C11H11ClF3NO2. The molecule has 0 aliphatic heterocycles. The second kappa shape index (κ2) is 6.49. The van der Waals surface area contributed by atoms with Crippen LogP contribution in [0.3, 0.4) is 0 Å². The largest absolute Gasteiger partial charge is 0.415 e. The Labute approximate surface area is 107 Å². The SMILES string of the molecule is O=C(Oc1ccccc1)N(CCCl)CC(F)(F)F. The van der Waals surface area contributed by atoms with E-state index in [1.165, 1.54) is 12.1 Å². The van der Waals surface area contributed by atoms with Crippen LogP contribution in [0.1, 0.15) is 0 Å². The smallest absolute Gasteiger partial charge is 0.410 e. The summed E-state index contributed by atoms with van der Waals surface area (Å²) in [4.78, 5) is 12.0. The molecule has 0 N–H and O–H groups in total. The zero-order valence-electron chi connectivity index (χ0n) is 9.28. The lowest BCUT2D eigenvalue weighted by Crippen LogP contribution is -2.41. The minimum atomic E-state index is -4.48. The third-order valence-corrected chi connectivity index (χ3v) is 2.10. The number of rotatable bonds is 4. The van der Waals surface area contributed by atoms with Crippen LogP contribution in [-0.4, -0.2) is 36.1 Å². The van der Waals surface area contributed by atoms with Gasteiger partial charge in [-0.3, -0.25) is 4.90 Å². The summed E-state index contributed by atoms with van der Waals surface area (Å²) < 4.78 is 41.5. The number of hydrogen-bond acceptors (Lipinski definition) is 2. The van der Waals surface area contributed by atoms with Gasteiger partial charge >= 0.3 is 12.3 Å². The monoisotopic (exact) mass is 281 g/mol. The Bertz CT molecular complexity index is 384. The van der Waals surface area contributed by atoms with E-state index in [0.29, 0.717) is 4.90 Å². The van der Waals surface area contributed by atoms with E-state index < -0.39 is 18.8 Å². The maximum Gasteiger partial charge on any atom is 0.415 e. The number of para-hydroxylation sites is 1. The highest BCUT2D eigenvalue weighted by atomic mass is 35.5. The lowest BCUT2D eigenvalue weighted by Gasteiger charge is -2.22. The molecule has 0 saturated carbocycles. The van der Waals surface area contributed by atoms with Gasteiger partial charge in [-0.15, -0.1) is 11.6 Å². The van der Waals surface area contributed by atoms with Gasteiger partial charge in [-0.05, 0) is 12.1 Å². The summed E-state index contributed by atoms with van der Waals surface area (Å²) in [6.07, 6.45) is -5.55. The highest BCUT2D eigenvalue weighted by Crippen LogP contribution is 2.18. The first-order valence-electron chi connectivity index (χ1n) is 5.07. The van der Waals surface area contributed by atoms with Crippen LogP contribution >= 0.6 is 11.6 Å². The average Bonchev–Trinajstić information content (AvgIpc) is 2.28. The van der Waals surface area contributed by atoms with Gasteiger partial charge in [-0.25, -0.2) is 4.79 Å². The molecule has 0 aliphatic rings. The molecule has 3 nitrogen and oxygen atoms in total. The van der Waals surface area contributed by atoms with Gasteiger partial charge in [0, 0.05) is 12.4 Å². The Morgan fingerprint density at radius 1 is 1.28 bits per heavy atom. The molecule has 0 unspecified atom stereocenters. The number of ether oxygens (including phenoxy) is 1. The number of carbonyl (C=O) groups excluding carboxylic acids is 1. The van der Waals surface area contributed by atoms with Crippen LogP contribution in [0.25, 0.3) is 0 Å². The number of benzene rings is 1. The predicted molar refractivity (Wildman–Crippen MR) is 60.8 cm³/mol. The summed E-state index contributed by atoms with van der Waals surface area (Å²) in [5, 5.41) is 0. The fourth-order valence-electron chi connectivity index (χ4n) is 1.21. The van der Waals surface area contributed by atoms with Crippen molar-refractivity contribution in [3.63, 3.8) is 0 Å². The predicted octanol–water partition coefficient (Wildman–Crippen LogP) is 3.29. The summed E-state index contributed by atoms with van der Waals surface area (Å²) >= 11 is 5.36. The van der Waals surface area contributed by atoms with Crippen LogP contribution in [-0.2, 0) is 0 Å². The maximum absolute atomic E-state index is 12.2. The summed E-state index contributed by atoms with van der Waals surface area (Å²) in [5.74, 6) is 0.0872. The molecule has 0 aliphatic carbocycles. The molecule has 100 valence electrons. The van der Waals surface area contributed by atoms with Crippen LogP contribution < -0.4 is 4.74 Å². The first-order chi connectivity index (χ1) is 8.42. The third kappa shape index (κ3) is 5.27. The van der Waals surface area contributed by atoms with E-state index in [9.17, 15) is 18.0 Å². The number of amides is 1. The van der Waals surface area contributed by atoms with Gasteiger partial charge in [0.15, 0.2) is 0 Å². The molecule has 0 saturated heterocycles. The Hall–Kier alpha value is -1.43. The number of alkyl halides is 4. The van der Waals surface area contributed by atoms with E-state index in [-0.39, 0.29) is 18.2 Å². The number of halogens is 4. The molecule has 0 aromatic heterocycles. The van der Waals surface area contributed by atoms with Crippen molar-refractivity contribution in [3.8, 4) is 5.75 Å². The average molecular weight is 282 g/mol. The van der Waals surface area contributed by atoms with Gasteiger partial charge in [0.1, 0.15) is 12.3 Å². The fourth-order valence-corrected chi connectivity index (χ4v) is 1.41. The molecule has 1 rings (SSSR count). The molecule has 1 aromatic rings. The standard InChI is InChI=1S/C11H11ClF3NO2/c12-6-7-16(8-11(13,14)15)10(17)18-9-4-2-1-3-5-9/h1-5H,6-8H2. The van der Waals surface area contributed by atoms with E-state index in [1.807, 2.05) is 0 Å². The van der Waals surface area contributed by atoms with Crippen LogP contribution in [0.2, 0.25) is 0 Å². The van der Waals surface area contributed by atoms with E-state index in [1.54, 1.807) is 18.2 Å². The molecule has 0 heterocycles. The van der Waals surface area contributed by atoms with Crippen molar-refractivity contribution >= 4 is 17.7 Å². The van der Waals surface area contributed by atoms with Crippen molar-refractivity contribution < 1.29 is 22.7 Å². The second-order valence-electron chi connectivity index (χ2n) is 3.41. The van der Waals surface area contributed by atoms with Crippen molar-refractivity contribution in [2.24, 2.45) is 0 Å². The topological polar surface area (TPSA) is 29.5 Å². The molecule has 0 fully saturated rings.